The molecule has 0 unspecified atom stereocenters. The highest BCUT2D eigenvalue weighted by Crippen LogP contribution is 2.48. The lowest BCUT2D eigenvalue weighted by Gasteiger charge is -2.16. The first-order chi connectivity index (χ1) is 8.54. The Morgan fingerprint density at radius 2 is 2.28 bits per heavy atom. The molecule has 1 aromatic rings. The van der Waals surface area contributed by atoms with Crippen LogP contribution in [-0.4, -0.2) is 17.6 Å². The number of benzene rings is 1. The number of oxime groups is 1. The predicted octanol–water partition coefficient (Wildman–Crippen LogP) is 3.27. The Balaban J connectivity index is 1.95. The Hall–Kier alpha value is -0.690. The highest BCUT2D eigenvalue weighted by atomic mass is 127. The van der Waals surface area contributed by atoms with Gasteiger partial charge in [-0.15, -0.1) is 0 Å². The largest absolute Gasteiger partial charge is 0.409 e. The van der Waals surface area contributed by atoms with Gasteiger partial charge >= 0.3 is 0 Å². The number of hydrogen-bond acceptors (Lipinski definition) is 3. The molecule has 1 aliphatic rings. The molecule has 0 saturated heterocycles. The molecular formula is C12H15ClIN3O. The second-order valence-electron chi connectivity index (χ2n) is 4.75. The van der Waals surface area contributed by atoms with Crippen molar-refractivity contribution < 1.29 is 5.21 Å². The van der Waals surface area contributed by atoms with Gasteiger partial charge in [0.2, 0.25) is 0 Å². The lowest BCUT2D eigenvalue weighted by Crippen LogP contribution is -2.23. The number of hydrogen-bond donors (Lipinski definition) is 3. The third-order valence-electron chi connectivity index (χ3n) is 3.23. The zero-order valence-electron chi connectivity index (χ0n) is 9.79. The molecular weight excluding hydrogens is 365 g/mol. The van der Waals surface area contributed by atoms with Gasteiger partial charge in [0.25, 0.3) is 0 Å². The quantitative estimate of drug-likeness (QED) is 0.242. The molecule has 1 aliphatic carbocycles. The van der Waals surface area contributed by atoms with E-state index < -0.39 is 0 Å². The van der Waals surface area contributed by atoms with Gasteiger partial charge in [-0.1, -0.05) is 16.8 Å². The van der Waals surface area contributed by atoms with Crippen LogP contribution in [0.15, 0.2) is 23.4 Å². The first-order valence-corrected chi connectivity index (χ1v) is 7.16. The van der Waals surface area contributed by atoms with Gasteiger partial charge in [-0.3, -0.25) is 0 Å². The van der Waals surface area contributed by atoms with E-state index in [1.165, 1.54) is 0 Å². The zero-order chi connectivity index (χ0) is 13.2. The second kappa shape index (κ2) is 5.52. The summed E-state index contributed by atoms with van der Waals surface area (Å²) in [6.07, 6.45) is 2.81. The van der Waals surface area contributed by atoms with Gasteiger partial charge in [0.1, 0.15) is 5.84 Å². The van der Waals surface area contributed by atoms with Crippen LogP contribution in [0.5, 0.6) is 0 Å². The van der Waals surface area contributed by atoms with Gasteiger partial charge in [0.05, 0.1) is 10.7 Å². The van der Waals surface area contributed by atoms with Crippen LogP contribution in [0, 0.1) is 8.99 Å². The summed E-state index contributed by atoms with van der Waals surface area (Å²) < 4.78 is 1.11. The molecule has 1 fully saturated rings. The highest BCUT2D eigenvalue weighted by Gasteiger charge is 2.43. The number of nitrogens with two attached hydrogens (primary N) is 1. The summed E-state index contributed by atoms with van der Waals surface area (Å²) in [7, 11) is 0. The summed E-state index contributed by atoms with van der Waals surface area (Å²) in [6, 6.07) is 5.91. The standard InChI is InChI=1S/C12H15ClIN3O/c13-9-5-8(14)1-2-10(9)16-7-12(3-4-12)6-11(15)17-18/h1-2,5,16,18H,3-4,6-7H2,(H2,15,17). The van der Waals surface area contributed by atoms with Crippen LogP contribution in [0.25, 0.3) is 0 Å². The van der Waals surface area contributed by atoms with Crippen molar-refractivity contribution in [1.82, 2.24) is 0 Å². The van der Waals surface area contributed by atoms with E-state index >= 15 is 0 Å². The molecule has 0 bridgehead atoms. The monoisotopic (exact) mass is 379 g/mol. The Labute approximate surface area is 125 Å². The van der Waals surface area contributed by atoms with Crippen LogP contribution < -0.4 is 11.1 Å². The maximum Gasteiger partial charge on any atom is 0.139 e. The summed E-state index contributed by atoms with van der Waals surface area (Å²) in [4.78, 5) is 0. The number of rotatable bonds is 5. The van der Waals surface area contributed by atoms with Crippen molar-refractivity contribution in [3.05, 3.63) is 26.8 Å². The van der Waals surface area contributed by atoms with E-state index in [9.17, 15) is 0 Å². The molecule has 0 radical (unpaired) electrons. The Morgan fingerprint density at radius 3 is 2.83 bits per heavy atom. The molecule has 18 heavy (non-hydrogen) atoms. The molecule has 1 aromatic carbocycles. The Morgan fingerprint density at radius 1 is 1.56 bits per heavy atom. The van der Waals surface area contributed by atoms with Crippen molar-refractivity contribution in [1.29, 1.82) is 0 Å². The van der Waals surface area contributed by atoms with E-state index in [4.69, 9.17) is 22.5 Å². The number of amidine groups is 1. The predicted molar refractivity (Wildman–Crippen MR) is 82.4 cm³/mol. The van der Waals surface area contributed by atoms with Crippen LogP contribution in [0.1, 0.15) is 19.3 Å². The fourth-order valence-corrected chi connectivity index (χ4v) is 2.85. The third kappa shape index (κ3) is 3.41. The summed E-state index contributed by atoms with van der Waals surface area (Å²) in [5, 5.41) is 15.7. The van der Waals surface area contributed by atoms with Gasteiger partial charge < -0.3 is 16.3 Å². The summed E-state index contributed by atoms with van der Waals surface area (Å²) >= 11 is 8.38. The average molecular weight is 380 g/mol. The fraction of sp³-hybridized carbons (Fsp3) is 0.417. The minimum Gasteiger partial charge on any atom is -0.409 e. The van der Waals surface area contributed by atoms with Crippen LogP contribution in [0.4, 0.5) is 5.69 Å². The molecule has 0 atom stereocenters. The van der Waals surface area contributed by atoms with E-state index in [2.05, 4.69) is 33.1 Å². The third-order valence-corrected chi connectivity index (χ3v) is 4.21. The molecule has 0 aromatic heterocycles. The molecule has 0 heterocycles. The van der Waals surface area contributed by atoms with Gasteiger partial charge in [-0.2, -0.15) is 0 Å². The maximum absolute atomic E-state index is 8.61. The molecule has 0 amide bonds. The zero-order valence-corrected chi connectivity index (χ0v) is 12.7. The molecule has 2 rings (SSSR count). The van der Waals surface area contributed by atoms with E-state index in [1.54, 1.807) is 0 Å². The van der Waals surface area contributed by atoms with Crippen LogP contribution in [0.3, 0.4) is 0 Å². The normalized spacial score (nSPS) is 17.6. The molecule has 0 aliphatic heterocycles. The summed E-state index contributed by atoms with van der Waals surface area (Å²) in [5.74, 6) is 0.294. The number of nitrogens with one attached hydrogen (secondary N) is 1. The van der Waals surface area contributed by atoms with Crippen molar-refractivity contribution in [2.75, 3.05) is 11.9 Å². The van der Waals surface area contributed by atoms with E-state index in [1.807, 2.05) is 18.2 Å². The van der Waals surface area contributed by atoms with Crippen molar-refractivity contribution in [3.63, 3.8) is 0 Å². The summed E-state index contributed by atoms with van der Waals surface area (Å²) in [5.41, 5.74) is 6.62. The number of nitrogens with zero attached hydrogens (tertiary/aromatic N) is 1. The first kappa shape index (κ1) is 13.7. The minimum atomic E-state index is 0.128. The van der Waals surface area contributed by atoms with Gasteiger partial charge in [-0.25, -0.2) is 0 Å². The molecule has 4 nitrogen and oxygen atoms in total. The van der Waals surface area contributed by atoms with Crippen LogP contribution in [-0.2, 0) is 0 Å². The number of halogens is 2. The second-order valence-corrected chi connectivity index (χ2v) is 6.40. The Kier molecular flexibility index (Phi) is 4.21. The van der Waals surface area contributed by atoms with Crippen molar-refractivity contribution >= 4 is 45.7 Å². The number of anilines is 1. The SMILES string of the molecule is N/C(CC1(CNc2ccc(I)cc2Cl)CC1)=N/O. The van der Waals surface area contributed by atoms with Gasteiger partial charge in [0.15, 0.2) is 0 Å². The van der Waals surface area contributed by atoms with Crippen molar-refractivity contribution in [3.8, 4) is 0 Å². The molecule has 0 spiro atoms. The van der Waals surface area contributed by atoms with Crippen molar-refractivity contribution in [2.45, 2.75) is 19.3 Å². The lowest BCUT2D eigenvalue weighted by molar-refractivity contribution is 0.315. The molecule has 4 N–H and O–H groups in total. The Bertz CT molecular complexity index is 474. The van der Waals surface area contributed by atoms with Crippen LogP contribution in [0.2, 0.25) is 5.02 Å². The van der Waals surface area contributed by atoms with E-state index in [0.29, 0.717) is 12.3 Å². The topological polar surface area (TPSA) is 70.6 Å². The van der Waals surface area contributed by atoms with Gasteiger partial charge in [0, 0.05) is 16.5 Å². The summed E-state index contributed by atoms with van der Waals surface area (Å²) in [6.45, 7) is 0.795. The van der Waals surface area contributed by atoms with Gasteiger partial charge in [-0.05, 0) is 59.0 Å². The molecule has 98 valence electrons. The highest BCUT2D eigenvalue weighted by molar-refractivity contribution is 14.1. The van der Waals surface area contributed by atoms with E-state index in [0.717, 1.165) is 33.7 Å². The first-order valence-electron chi connectivity index (χ1n) is 5.70. The molecule has 6 heteroatoms. The smallest absolute Gasteiger partial charge is 0.139 e. The van der Waals surface area contributed by atoms with Crippen molar-refractivity contribution in [2.24, 2.45) is 16.3 Å². The minimum absolute atomic E-state index is 0.128. The lowest BCUT2D eigenvalue weighted by atomic mass is 10.0. The fourth-order valence-electron chi connectivity index (χ4n) is 1.93. The molecule has 1 saturated carbocycles. The van der Waals surface area contributed by atoms with E-state index in [-0.39, 0.29) is 5.41 Å². The van der Waals surface area contributed by atoms with Crippen LogP contribution >= 0.6 is 34.2 Å². The maximum atomic E-state index is 8.61. The average Bonchev–Trinajstić information content (AvgIpc) is 3.08.